The van der Waals surface area contributed by atoms with E-state index in [-0.39, 0.29) is 35.7 Å². The van der Waals surface area contributed by atoms with Crippen molar-refractivity contribution in [3.63, 3.8) is 0 Å². The maximum Gasteiger partial charge on any atom is 0.267 e. The molecule has 0 saturated carbocycles. The van der Waals surface area contributed by atoms with Gasteiger partial charge in [-0.1, -0.05) is 102 Å². The Labute approximate surface area is 302 Å². The van der Waals surface area contributed by atoms with E-state index in [2.05, 4.69) is 31.5 Å². The van der Waals surface area contributed by atoms with E-state index < -0.39 is 57.4 Å². The number of nitrogens with zero attached hydrogens (tertiary/aromatic N) is 4. The number of fused-ring (bicyclic) bond motifs is 1. The topological polar surface area (TPSA) is 185 Å². The van der Waals surface area contributed by atoms with Gasteiger partial charge in [-0.3, -0.25) is 14.4 Å². The highest BCUT2D eigenvalue weighted by atomic mass is 32.2. The molecule has 0 aliphatic heterocycles. The lowest BCUT2D eigenvalue weighted by atomic mass is 9.90. The molecule has 3 rings (SSSR count). The fraction of sp³-hybridized carbons (Fsp3) is 0.622. The van der Waals surface area contributed by atoms with Crippen molar-refractivity contribution in [2.75, 3.05) is 12.3 Å². The van der Waals surface area contributed by atoms with Crippen molar-refractivity contribution in [3.8, 4) is 0 Å². The maximum atomic E-state index is 14.2. The van der Waals surface area contributed by atoms with Gasteiger partial charge in [0.1, 0.15) is 6.04 Å². The molecule has 2 aromatic carbocycles. The number of rotatable bonds is 21. The Balaban J connectivity index is 1.88. The number of carbonyl (C=O) groups excluding carboxylic acids is 3. The van der Waals surface area contributed by atoms with Crippen molar-refractivity contribution in [2.24, 2.45) is 30.7 Å². The number of hydrogen-bond donors (Lipinski definition) is 4. The van der Waals surface area contributed by atoms with E-state index in [9.17, 15) is 27.9 Å². The molecule has 1 heterocycles. The van der Waals surface area contributed by atoms with Crippen LogP contribution >= 0.6 is 0 Å². The van der Waals surface area contributed by atoms with E-state index in [1.54, 1.807) is 0 Å². The molecule has 1 unspecified atom stereocenters. The summed E-state index contributed by atoms with van der Waals surface area (Å²) in [7, 11) is -2.70. The lowest BCUT2D eigenvalue weighted by molar-refractivity contribution is -0.132. The molecular formula is C37H57N7O6S. The SMILES string of the molecule is CCCC[C@H](NC(=O)[C@@H](Cc1cccc2ccccc12)CS(=O)(=O)c1nnnn1C)C(=O)N[C@@H](CC(C)C)[C@@H](O)CC(CC)C(=O)NCC(C)C. The Kier molecular flexibility index (Phi) is 16.0. The van der Waals surface area contributed by atoms with E-state index in [1.807, 2.05) is 84.0 Å². The van der Waals surface area contributed by atoms with Crippen LogP contribution in [0.1, 0.15) is 85.6 Å². The number of aromatic nitrogens is 4. The third kappa shape index (κ3) is 12.4. The molecule has 3 aromatic rings. The smallest absolute Gasteiger partial charge is 0.267 e. The van der Waals surface area contributed by atoms with Gasteiger partial charge in [0.05, 0.1) is 23.8 Å². The highest BCUT2D eigenvalue weighted by Crippen LogP contribution is 2.24. The number of carbonyl (C=O) groups is 3. The number of aliphatic hydroxyl groups excluding tert-OH is 1. The van der Waals surface area contributed by atoms with Crippen LogP contribution in [0.5, 0.6) is 0 Å². The van der Waals surface area contributed by atoms with E-state index in [1.165, 1.54) is 7.05 Å². The summed E-state index contributed by atoms with van der Waals surface area (Å²) in [6.07, 6.45) is 1.95. The first-order chi connectivity index (χ1) is 24.2. The molecule has 0 aliphatic rings. The minimum Gasteiger partial charge on any atom is -0.391 e. The Bertz CT molecular complexity index is 1690. The monoisotopic (exact) mass is 727 g/mol. The number of unbranched alkanes of at least 4 members (excludes halogenated alkanes) is 1. The number of hydrogen-bond acceptors (Lipinski definition) is 9. The Hall–Kier alpha value is -3.91. The van der Waals surface area contributed by atoms with Gasteiger partial charge in [0.25, 0.3) is 5.16 Å². The van der Waals surface area contributed by atoms with E-state index >= 15 is 0 Å². The minimum atomic E-state index is -4.11. The molecule has 0 bridgehead atoms. The molecule has 5 atom stereocenters. The van der Waals surface area contributed by atoms with Gasteiger partial charge in [-0.2, -0.15) is 0 Å². The standard InChI is InChI=1S/C37H57N7O6S/c1-8-10-18-31(36(48)40-32(19-24(3)4)33(45)21-26(9-2)34(46)38-22-25(5)6)39-35(47)29(23-51(49,50)37-41-42-43-44(37)7)20-28-16-13-15-27-14-11-12-17-30(27)28/h11-17,24-26,29,31-33,45H,8-10,18-23H2,1-7H3,(H,38,46)(H,39,47)(H,40,48)/t26?,29-,31-,32-,33-/m0/s1. The summed E-state index contributed by atoms with van der Waals surface area (Å²) in [4.78, 5) is 41.0. The summed E-state index contributed by atoms with van der Waals surface area (Å²) in [6, 6.07) is 11.7. The summed E-state index contributed by atoms with van der Waals surface area (Å²) in [5.74, 6) is -2.87. The van der Waals surface area contributed by atoms with Gasteiger partial charge in [0, 0.05) is 19.5 Å². The number of nitrogens with one attached hydrogen (secondary N) is 3. The zero-order valence-corrected chi connectivity index (χ0v) is 31.9. The molecule has 4 N–H and O–H groups in total. The summed E-state index contributed by atoms with van der Waals surface area (Å²) < 4.78 is 28.2. The van der Waals surface area contributed by atoms with Gasteiger partial charge in [0.15, 0.2) is 0 Å². The van der Waals surface area contributed by atoms with Gasteiger partial charge >= 0.3 is 0 Å². The highest BCUT2D eigenvalue weighted by Gasteiger charge is 2.34. The quantitative estimate of drug-likeness (QED) is 0.127. The van der Waals surface area contributed by atoms with Crippen LogP contribution in [0.25, 0.3) is 10.8 Å². The summed E-state index contributed by atoms with van der Waals surface area (Å²) >= 11 is 0. The van der Waals surface area contributed by atoms with Crippen LogP contribution in [-0.4, -0.2) is 81.9 Å². The number of sulfone groups is 1. The molecule has 0 saturated heterocycles. The zero-order valence-electron chi connectivity index (χ0n) is 31.1. The van der Waals surface area contributed by atoms with Crippen LogP contribution in [0.15, 0.2) is 47.6 Å². The molecule has 0 radical (unpaired) electrons. The zero-order chi connectivity index (χ0) is 37.7. The molecule has 51 heavy (non-hydrogen) atoms. The van der Waals surface area contributed by atoms with E-state index in [0.29, 0.717) is 32.2 Å². The molecular weight excluding hydrogens is 671 g/mol. The number of aliphatic hydroxyl groups is 1. The lowest BCUT2D eigenvalue weighted by Gasteiger charge is -2.30. The Morgan fingerprint density at radius 2 is 1.59 bits per heavy atom. The first-order valence-corrected chi connectivity index (χ1v) is 19.8. The fourth-order valence-corrected chi connectivity index (χ4v) is 7.77. The van der Waals surface area contributed by atoms with Crippen molar-refractivity contribution < 1.29 is 27.9 Å². The van der Waals surface area contributed by atoms with Crippen molar-refractivity contribution in [2.45, 2.75) is 110 Å². The average molecular weight is 728 g/mol. The molecule has 282 valence electrons. The fourth-order valence-electron chi connectivity index (χ4n) is 6.22. The second-order valence-corrected chi connectivity index (χ2v) is 16.3. The number of benzene rings is 2. The van der Waals surface area contributed by atoms with E-state index in [4.69, 9.17) is 0 Å². The molecule has 0 spiro atoms. The predicted molar refractivity (Wildman–Crippen MR) is 197 cm³/mol. The number of amides is 3. The van der Waals surface area contributed by atoms with Crippen LogP contribution in [0.3, 0.4) is 0 Å². The molecule has 1 aromatic heterocycles. The van der Waals surface area contributed by atoms with Gasteiger partial charge in [-0.25, -0.2) is 13.1 Å². The number of tetrazole rings is 1. The largest absolute Gasteiger partial charge is 0.391 e. The van der Waals surface area contributed by atoms with Crippen LogP contribution in [0.2, 0.25) is 0 Å². The van der Waals surface area contributed by atoms with Crippen molar-refractivity contribution in [1.82, 2.24) is 36.2 Å². The molecule has 3 amide bonds. The van der Waals surface area contributed by atoms with Gasteiger partial charge in [-0.15, -0.1) is 0 Å². The number of aryl methyl sites for hydroxylation is 1. The van der Waals surface area contributed by atoms with Crippen LogP contribution in [-0.2, 0) is 37.7 Å². The second kappa shape index (κ2) is 19.6. The Morgan fingerprint density at radius 1 is 0.882 bits per heavy atom. The van der Waals surface area contributed by atoms with Crippen LogP contribution in [0.4, 0.5) is 0 Å². The molecule has 0 fully saturated rings. The molecule has 0 aliphatic carbocycles. The van der Waals surface area contributed by atoms with E-state index in [0.717, 1.165) is 27.4 Å². The van der Waals surface area contributed by atoms with Gasteiger partial charge < -0.3 is 21.1 Å². The van der Waals surface area contributed by atoms with Crippen molar-refractivity contribution in [3.05, 3.63) is 48.0 Å². The summed E-state index contributed by atoms with van der Waals surface area (Å²) in [6.45, 7) is 12.4. The Morgan fingerprint density at radius 3 is 2.22 bits per heavy atom. The van der Waals surface area contributed by atoms with Gasteiger partial charge in [-0.05, 0) is 70.7 Å². The third-order valence-electron chi connectivity index (χ3n) is 9.07. The summed E-state index contributed by atoms with van der Waals surface area (Å²) in [5.41, 5.74) is 0.789. The lowest BCUT2D eigenvalue weighted by Crippen LogP contribution is -2.54. The van der Waals surface area contributed by atoms with Crippen molar-refractivity contribution >= 4 is 38.3 Å². The summed E-state index contributed by atoms with van der Waals surface area (Å²) in [5, 5.41) is 32.5. The van der Waals surface area contributed by atoms with Crippen LogP contribution < -0.4 is 16.0 Å². The third-order valence-corrected chi connectivity index (χ3v) is 10.8. The minimum absolute atomic E-state index is 0.0891. The first kappa shape index (κ1) is 41.5. The second-order valence-electron chi connectivity index (χ2n) is 14.4. The molecule has 14 heteroatoms. The molecule has 13 nitrogen and oxygen atoms in total. The normalized spacial score (nSPS) is 14.9. The maximum absolute atomic E-state index is 14.2. The predicted octanol–water partition coefficient (Wildman–Crippen LogP) is 3.75. The van der Waals surface area contributed by atoms with Crippen molar-refractivity contribution in [1.29, 1.82) is 0 Å². The van der Waals surface area contributed by atoms with Gasteiger partial charge in [0.2, 0.25) is 27.6 Å². The van der Waals surface area contributed by atoms with Crippen LogP contribution in [0, 0.1) is 23.7 Å². The first-order valence-electron chi connectivity index (χ1n) is 18.1. The average Bonchev–Trinajstić information content (AvgIpc) is 3.53. The highest BCUT2D eigenvalue weighted by molar-refractivity contribution is 7.91.